The van der Waals surface area contributed by atoms with Gasteiger partial charge in [0.1, 0.15) is 0 Å². The Morgan fingerprint density at radius 1 is 1.14 bits per heavy atom. The van der Waals surface area contributed by atoms with Crippen LogP contribution >= 0.6 is 0 Å². The lowest BCUT2D eigenvalue weighted by molar-refractivity contribution is -0.120. The minimum atomic E-state index is 0.0383. The summed E-state index contributed by atoms with van der Waals surface area (Å²) in [5.74, 6) is 0.0383. The molecule has 3 rings (SSSR count). The Morgan fingerprint density at radius 2 is 1.86 bits per heavy atom. The second-order valence-corrected chi connectivity index (χ2v) is 5.35. The number of hydrazine groups is 1. The second-order valence-electron chi connectivity index (χ2n) is 5.35. The standard InChI is InChI=1S/C17H20N2O2/c1-13-7-8-15-5-3-4-6-16(15)17(13)19(14(2)20)18-9-11-21-12-10-18/h3-8H,9-12H2,1-2H3. The third-order valence-corrected chi connectivity index (χ3v) is 3.88. The molecule has 110 valence electrons. The first-order chi connectivity index (χ1) is 10.2. The molecule has 0 bridgehead atoms. The number of carbonyl (C=O) groups is 1. The molecule has 0 radical (unpaired) electrons. The minimum Gasteiger partial charge on any atom is -0.379 e. The Bertz CT molecular complexity index is 663. The molecule has 1 heterocycles. The highest BCUT2D eigenvalue weighted by Crippen LogP contribution is 2.32. The van der Waals surface area contributed by atoms with Crippen molar-refractivity contribution in [1.82, 2.24) is 5.01 Å². The van der Waals surface area contributed by atoms with Gasteiger partial charge in [0.15, 0.2) is 0 Å². The van der Waals surface area contributed by atoms with Gasteiger partial charge in [0.05, 0.1) is 18.9 Å². The molecule has 21 heavy (non-hydrogen) atoms. The van der Waals surface area contributed by atoms with Gasteiger partial charge in [0.2, 0.25) is 5.91 Å². The summed E-state index contributed by atoms with van der Waals surface area (Å²) in [6.45, 7) is 6.47. The Kier molecular flexibility index (Phi) is 3.90. The zero-order valence-corrected chi connectivity index (χ0v) is 12.5. The molecular weight excluding hydrogens is 264 g/mol. The van der Waals surface area contributed by atoms with E-state index in [1.165, 1.54) is 0 Å². The molecule has 0 spiro atoms. The SMILES string of the molecule is CC(=O)N(c1c(C)ccc2ccccc12)N1CCOCC1. The smallest absolute Gasteiger partial charge is 0.238 e. The number of morpholine rings is 1. The number of anilines is 1. The van der Waals surface area contributed by atoms with E-state index in [0.717, 1.165) is 35.1 Å². The molecule has 2 aromatic carbocycles. The molecule has 4 nitrogen and oxygen atoms in total. The number of ether oxygens (including phenoxy) is 1. The van der Waals surface area contributed by atoms with Crippen molar-refractivity contribution >= 4 is 22.4 Å². The van der Waals surface area contributed by atoms with Crippen LogP contribution in [0.2, 0.25) is 0 Å². The fraction of sp³-hybridized carbons (Fsp3) is 0.353. The Morgan fingerprint density at radius 3 is 2.57 bits per heavy atom. The van der Waals surface area contributed by atoms with E-state index in [4.69, 9.17) is 4.74 Å². The van der Waals surface area contributed by atoms with E-state index < -0.39 is 0 Å². The summed E-state index contributed by atoms with van der Waals surface area (Å²) in [7, 11) is 0. The Hall–Kier alpha value is -1.91. The maximum absolute atomic E-state index is 12.3. The largest absolute Gasteiger partial charge is 0.379 e. The van der Waals surface area contributed by atoms with Crippen LogP contribution < -0.4 is 5.01 Å². The lowest BCUT2D eigenvalue weighted by Crippen LogP contribution is -2.51. The van der Waals surface area contributed by atoms with Gasteiger partial charge in [-0.1, -0.05) is 36.4 Å². The van der Waals surface area contributed by atoms with Gasteiger partial charge >= 0.3 is 0 Å². The van der Waals surface area contributed by atoms with Crippen molar-refractivity contribution in [2.24, 2.45) is 0 Å². The number of benzene rings is 2. The fourth-order valence-electron chi connectivity index (χ4n) is 2.90. The van der Waals surface area contributed by atoms with E-state index in [0.29, 0.717) is 13.2 Å². The molecule has 0 unspecified atom stereocenters. The summed E-state index contributed by atoms with van der Waals surface area (Å²) in [6.07, 6.45) is 0. The summed E-state index contributed by atoms with van der Waals surface area (Å²) in [6, 6.07) is 12.4. The topological polar surface area (TPSA) is 32.8 Å². The lowest BCUT2D eigenvalue weighted by atomic mass is 10.0. The van der Waals surface area contributed by atoms with E-state index in [1.807, 2.05) is 17.1 Å². The van der Waals surface area contributed by atoms with Crippen molar-refractivity contribution in [3.05, 3.63) is 42.0 Å². The predicted molar refractivity (Wildman–Crippen MR) is 84.2 cm³/mol. The summed E-state index contributed by atoms with van der Waals surface area (Å²) in [5.41, 5.74) is 2.10. The van der Waals surface area contributed by atoms with E-state index >= 15 is 0 Å². The molecule has 0 aromatic heterocycles. The number of carbonyl (C=O) groups excluding carboxylic acids is 1. The van der Waals surface area contributed by atoms with Crippen LogP contribution in [-0.2, 0) is 9.53 Å². The van der Waals surface area contributed by atoms with E-state index in [-0.39, 0.29) is 5.91 Å². The van der Waals surface area contributed by atoms with Crippen LogP contribution in [0.4, 0.5) is 5.69 Å². The van der Waals surface area contributed by atoms with Crippen molar-refractivity contribution < 1.29 is 9.53 Å². The molecular formula is C17H20N2O2. The lowest BCUT2D eigenvalue weighted by Gasteiger charge is -2.37. The predicted octanol–water partition coefficient (Wildman–Crippen LogP) is 2.75. The minimum absolute atomic E-state index is 0.0383. The van der Waals surface area contributed by atoms with Crippen molar-refractivity contribution in [3.8, 4) is 0 Å². The van der Waals surface area contributed by atoms with Crippen molar-refractivity contribution in [2.75, 3.05) is 31.3 Å². The maximum Gasteiger partial charge on any atom is 0.238 e. The van der Waals surface area contributed by atoms with E-state index in [1.54, 1.807) is 6.92 Å². The zero-order valence-electron chi connectivity index (χ0n) is 12.5. The van der Waals surface area contributed by atoms with E-state index in [9.17, 15) is 4.79 Å². The molecule has 1 aliphatic rings. The van der Waals surface area contributed by atoms with Crippen molar-refractivity contribution in [2.45, 2.75) is 13.8 Å². The van der Waals surface area contributed by atoms with Crippen molar-refractivity contribution in [3.63, 3.8) is 0 Å². The van der Waals surface area contributed by atoms with Gasteiger partial charge in [-0.2, -0.15) is 0 Å². The summed E-state index contributed by atoms with van der Waals surface area (Å²) in [5, 5.41) is 6.16. The van der Waals surface area contributed by atoms with Crippen LogP contribution in [-0.4, -0.2) is 37.2 Å². The fourth-order valence-corrected chi connectivity index (χ4v) is 2.90. The third kappa shape index (κ3) is 2.64. The van der Waals surface area contributed by atoms with Gasteiger partial charge in [-0.3, -0.25) is 4.79 Å². The van der Waals surface area contributed by atoms with E-state index in [2.05, 4.69) is 36.2 Å². The first-order valence-electron chi connectivity index (χ1n) is 7.30. The van der Waals surface area contributed by atoms with Gasteiger partial charge in [0, 0.05) is 25.4 Å². The molecule has 0 aliphatic carbocycles. The van der Waals surface area contributed by atoms with Crippen LogP contribution in [0.5, 0.6) is 0 Å². The van der Waals surface area contributed by atoms with Crippen LogP contribution in [0, 0.1) is 6.92 Å². The van der Waals surface area contributed by atoms with Crippen LogP contribution in [0.25, 0.3) is 10.8 Å². The maximum atomic E-state index is 12.3. The first kappa shape index (κ1) is 14.0. The van der Waals surface area contributed by atoms with Gasteiger partial charge in [0.25, 0.3) is 0 Å². The number of aryl methyl sites for hydroxylation is 1. The Balaban J connectivity index is 2.14. The zero-order chi connectivity index (χ0) is 14.8. The van der Waals surface area contributed by atoms with Gasteiger partial charge < -0.3 is 4.74 Å². The summed E-state index contributed by atoms with van der Waals surface area (Å²) in [4.78, 5) is 12.3. The average molecular weight is 284 g/mol. The number of hydrogen-bond acceptors (Lipinski definition) is 3. The summed E-state index contributed by atoms with van der Waals surface area (Å²) < 4.78 is 5.40. The quantitative estimate of drug-likeness (QED) is 0.850. The Labute approximate surface area is 124 Å². The number of fused-ring (bicyclic) bond motifs is 1. The highest BCUT2D eigenvalue weighted by Gasteiger charge is 2.25. The normalized spacial score (nSPS) is 16.1. The summed E-state index contributed by atoms with van der Waals surface area (Å²) >= 11 is 0. The number of amides is 1. The number of hydrogen-bond donors (Lipinski definition) is 0. The molecule has 4 heteroatoms. The van der Waals surface area contributed by atoms with Gasteiger partial charge in [-0.15, -0.1) is 0 Å². The molecule has 1 amide bonds. The van der Waals surface area contributed by atoms with Crippen molar-refractivity contribution in [1.29, 1.82) is 0 Å². The van der Waals surface area contributed by atoms with Gasteiger partial charge in [-0.05, 0) is 17.9 Å². The van der Waals surface area contributed by atoms with Crippen LogP contribution in [0.3, 0.4) is 0 Å². The van der Waals surface area contributed by atoms with Crippen LogP contribution in [0.15, 0.2) is 36.4 Å². The second kappa shape index (κ2) is 5.84. The van der Waals surface area contributed by atoms with Gasteiger partial charge in [-0.25, -0.2) is 10.0 Å². The monoisotopic (exact) mass is 284 g/mol. The molecule has 1 fully saturated rings. The van der Waals surface area contributed by atoms with Crippen LogP contribution in [0.1, 0.15) is 12.5 Å². The molecule has 2 aromatic rings. The molecule has 1 aliphatic heterocycles. The highest BCUT2D eigenvalue weighted by molar-refractivity contribution is 6.03. The first-order valence-corrected chi connectivity index (χ1v) is 7.30. The highest BCUT2D eigenvalue weighted by atomic mass is 16.5. The molecule has 0 atom stereocenters. The molecule has 0 saturated carbocycles. The average Bonchev–Trinajstić information content (AvgIpc) is 2.51. The third-order valence-electron chi connectivity index (χ3n) is 3.88. The number of rotatable bonds is 2. The number of nitrogens with zero attached hydrogens (tertiary/aromatic N) is 2. The molecule has 0 N–H and O–H groups in total. The molecule has 1 saturated heterocycles.